The molecule has 0 atom stereocenters. The van der Waals surface area contributed by atoms with Crippen LogP contribution in [-0.4, -0.2) is 30.0 Å². The van der Waals surface area contributed by atoms with Crippen LogP contribution in [0, 0.1) is 10.1 Å². The highest BCUT2D eigenvalue weighted by Gasteiger charge is 2.23. The summed E-state index contributed by atoms with van der Waals surface area (Å²) < 4.78 is 35.2. The largest absolute Gasteiger partial charge is 0.495 e. The fourth-order valence-corrected chi connectivity index (χ4v) is 4.57. The fraction of sp³-hybridized carbons (Fsp3) is 0.118. The fourth-order valence-electron chi connectivity index (χ4n) is 2.38. The molecule has 1 heterocycles. The second-order valence-corrected chi connectivity index (χ2v) is 8.28. The Labute approximate surface area is 165 Å². The van der Waals surface area contributed by atoms with Gasteiger partial charge in [0.1, 0.15) is 10.6 Å². The van der Waals surface area contributed by atoms with E-state index in [9.17, 15) is 18.5 Å². The zero-order valence-electron chi connectivity index (χ0n) is 14.9. The molecule has 2 aromatic carbocycles. The number of nitro groups is 1. The van der Waals surface area contributed by atoms with Crippen molar-refractivity contribution in [2.75, 3.05) is 11.8 Å². The van der Waals surface area contributed by atoms with Crippen molar-refractivity contribution in [2.45, 2.75) is 14.9 Å². The minimum Gasteiger partial charge on any atom is -0.495 e. The molecule has 146 valence electrons. The summed E-state index contributed by atoms with van der Waals surface area (Å²) in [6.07, 6.45) is 3.44. The van der Waals surface area contributed by atoms with Gasteiger partial charge in [0.2, 0.25) is 0 Å². The van der Waals surface area contributed by atoms with Crippen LogP contribution in [0.3, 0.4) is 0 Å². The molecule has 0 saturated heterocycles. The molecule has 1 aromatic heterocycles. The highest BCUT2D eigenvalue weighted by atomic mass is 32.2. The average molecular weight is 420 g/mol. The number of nitrogens with one attached hydrogen (secondary N) is 1. The van der Waals surface area contributed by atoms with Gasteiger partial charge in [0.25, 0.3) is 15.7 Å². The van der Waals surface area contributed by atoms with Gasteiger partial charge in [0, 0.05) is 30.4 Å². The van der Waals surface area contributed by atoms with Crippen LogP contribution in [0.25, 0.3) is 0 Å². The molecule has 0 spiro atoms. The van der Waals surface area contributed by atoms with Crippen molar-refractivity contribution in [3.05, 3.63) is 65.0 Å². The Morgan fingerprint density at radius 2 is 2.00 bits per heavy atom. The number of hydrogen-bond donors (Lipinski definition) is 1. The van der Waals surface area contributed by atoms with Gasteiger partial charge >= 0.3 is 0 Å². The van der Waals surface area contributed by atoms with Gasteiger partial charge in [0.05, 0.1) is 23.8 Å². The molecule has 0 radical (unpaired) electrons. The quantitative estimate of drug-likeness (QED) is 0.460. The summed E-state index contributed by atoms with van der Waals surface area (Å²) in [5, 5.41) is 11.6. The minimum absolute atomic E-state index is 0.115. The average Bonchev–Trinajstić information content (AvgIpc) is 3.07. The summed E-state index contributed by atoms with van der Waals surface area (Å²) in [6, 6.07) is 10.2. The molecule has 0 bridgehead atoms. The molecule has 3 aromatic rings. The van der Waals surface area contributed by atoms with Crippen molar-refractivity contribution in [3.63, 3.8) is 0 Å². The molecule has 0 aliphatic carbocycles. The molecule has 0 saturated carbocycles. The van der Waals surface area contributed by atoms with E-state index in [2.05, 4.69) is 9.71 Å². The van der Waals surface area contributed by atoms with Crippen LogP contribution in [0.4, 0.5) is 11.4 Å². The lowest BCUT2D eigenvalue weighted by Crippen LogP contribution is -2.14. The lowest BCUT2D eigenvalue weighted by molar-refractivity contribution is -0.385. The predicted molar refractivity (Wildman–Crippen MR) is 104 cm³/mol. The van der Waals surface area contributed by atoms with Gasteiger partial charge in [-0.3, -0.25) is 14.8 Å². The third-order valence-electron chi connectivity index (χ3n) is 3.76. The second-order valence-electron chi connectivity index (χ2n) is 5.62. The summed E-state index contributed by atoms with van der Waals surface area (Å²) in [5.74, 6) is -0.115. The number of aromatic nitrogens is 2. The number of non-ortho nitro benzene ring substituents is 1. The predicted octanol–water partition coefficient (Wildman–Crippen LogP) is 3.29. The van der Waals surface area contributed by atoms with Crippen LogP contribution in [0.2, 0.25) is 0 Å². The maximum absolute atomic E-state index is 12.9. The van der Waals surface area contributed by atoms with Crippen molar-refractivity contribution in [1.29, 1.82) is 0 Å². The highest BCUT2D eigenvalue weighted by Crippen LogP contribution is 2.35. The number of methoxy groups -OCH3 is 1. The zero-order valence-corrected chi connectivity index (χ0v) is 16.5. The van der Waals surface area contributed by atoms with Gasteiger partial charge in [-0.15, -0.1) is 0 Å². The smallest absolute Gasteiger partial charge is 0.273 e. The van der Waals surface area contributed by atoms with E-state index in [4.69, 9.17) is 4.74 Å². The van der Waals surface area contributed by atoms with E-state index in [1.165, 1.54) is 18.9 Å². The summed E-state index contributed by atoms with van der Waals surface area (Å²) in [7, 11) is -0.958. The number of benzene rings is 2. The first-order valence-electron chi connectivity index (χ1n) is 7.91. The van der Waals surface area contributed by atoms with E-state index in [0.29, 0.717) is 15.7 Å². The lowest BCUT2D eigenvalue weighted by Gasteiger charge is -2.14. The zero-order chi connectivity index (χ0) is 20.3. The summed E-state index contributed by atoms with van der Waals surface area (Å²) >= 11 is 1.30. The number of anilines is 1. The molecule has 0 amide bonds. The van der Waals surface area contributed by atoms with Gasteiger partial charge in [-0.1, -0.05) is 12.1 Å². The van der Waals surface area contributed by atoms with Gasteiger partial charge in [-0.05, 0) is 30.0 Å². The molecule has 9 nitrogen and oxygen atoms in total. The van der Waals surface area contributed by atoms with Crippen molar-refractivity contribution < 1.29 is 18.1 Å². The van der Waals surface area contributed by atoms with Crippen LogP contribution < -0.4 is 9.46 Å². The summed E-state index contributed by atoms with van der Waals surface area (Å²) in [4.78, 5) is 15.0. The van der Waals surface area contributed by atoms with Gasteiger partial charge in [-0.2, -0.15) is 0 Å². The number of sulfonamides is 1. The molecule has 11 heteroatoms. The number of aryl methyl sites for hydroxylation is 1. The van der Waals surface area contributed by atoms with Crippen molar-refractivity contribution in [3.8, 4) is 5.75 Å². The number of rotatable bonds is 7. The summed E-state index contributed by atoms with van der Waals surface area (Å²) in [6.45, 7) is 0. The van der Waals surface area contributed by atoms with Crippen LogP contribution in [0.1, 0.15) is 0 Å². The van der Waals surface area contributed by atoms with Crippen LogP contribution in [-0.2, 0) is 17.1 Å². The van der Waals surface area contributed by atoms with Crippen LogP contribution >= 0.6 is 11.8 Å². The number of nitro benzene ring substituents is 1. The first kappa shape index (κ1) is 19.7. The van der Waals surface area contributed by atoms with Crippen LogP contribution in [0.15, 0.2) is 69.8 Å². The van der Waals surface area contributed by atoms with Gasteiger partial charge in [0.15, 0.2) is 5.16 Å². The Hall–Kier alpha value is -3.05. The molecular weight excluding hydrogens is 404 g/mol. The molecule has 0 unspecified atom stereocenters. The molecule has 0 aliphatic heterocycles. The molecule has 0 aliphatic rings. The normalized spacial score (nSPS) is 11.2. The minimum atomic E-state index is -4.05. The molecule has 3 rings (SSSR count). The maximum atomic E-state index is 12.9. The van der Waals surface area contributed by atoms with E-state index < -0.39 is 14.9 Å². The van der Waals surface area contributed by atoms with E-state index in [1.54, 1.807) is 36.7 Å². The summed E-state index contributed by atoms with van der Waals surface area (Å²) in [5.41, 5.74) is 0.0949. The Morgan fingerprint density at radius 1 is 1.25 bits per heavy atom. The molecule has 1 N–H and O–H groups in total. The number of nitrogens with zero attached hydrogens (tertiary/aromatic N) is 3. The third-order valence-corrected chi connectivity index (χ3v) is 6.31. The Bertz CT molecular complexity index is 1130. The highest BCUT2D eigenvalue weighted by molar-refractivity contribution is 7.99. The van der Waals surface area contributed by atoms with Crippen molar-refractivity contribution in [2.24, 2.45) is 7.05 Å². The van der Waals surface area contributed by atoms with E-state index >= 15 is 0 Å². The van der Waals surface area contributed by atoms with Crippen LogP contribution in [0.5, 0.6) is 5.75 Å². The van der Waals surface area contributed by atoms with Gasteiger partial charge < -0.3 is 9.30 Å². The Kier molecular flexibility index (Phi) is 5.56. The van der Waals surface area contributed by atoms with Crippen molar-refractivity contribution in [1.82, 2.24) is 9.55 Å². The van der Waals surface area contributed by atoms with Gasteiger partial charge in [-0.25, -0.2) is 13.4 Å². The monoisotopic (exact) mass is 420 g/mol. The lowest BCUT2D eigenvalue weighted by atomic mass is 10.3. The number of para-hydroxylation sites is 1. The Morgan fingerprint density at radius 3 is 2.64 bits per heavy atom. The van der Waals surface area contributed by atoms with E-state index in [-0.39, 0.29) is 16.3 Å². The van der Waals surface area contributed by atoms with Crippen molar-refractivity contribution >= 4 is 33.2 Å². The van der Waals surface area contributed by atoms with E-state index in [1.807, 2.05) is 11.6 Å². The number of hydrogen-bond acceptors (Lipinski definition) is 7. The van der Waals surface area contributed by atoms with E-state index in [0.717, 1.165) is 18.2 Å². The number of ether oxygens (including phenoxy) is 1. The third kappa shape index (κ3) is 4.10. The molecular formula is C17H16N4O5S2. The standard InChI is InChI=1S/C17H16N4O5S2/c1-20-10-9-18-17(20)27-15-6-4-3-5-13(15)19-28(24,25)16-8-7-12(21(22)23)11-14(16)26-2/h3-11,19H,1-2H3. The second kappa shape index (κ2) is 7.90. The first-order valence-corrected chi connectivity index (χ1v) is 10.2. The topological polar surface area (TPSA) is 116 Å². The Balaban J connectivity index is 1.96. The molecule has 28 heavy (non-hydrogen) atoms. The number of imidazole rings is 1. The first-order chi connectivity index (χ1) is 13.3. The molecule has 0 fully saturated rings. The SMILES string of the molecule is COc1cc([N+](=O)[O-])ccc1S(=O)(=O)Nc1ccccc1Sc1nccn1C. The maximum Gasteiger partial charge on any atom is 0.273 e.